The highest BCUT2D eigenvalue weighted by Crippen LogP contribution is 2.32. The van der Waals surface area contributed by atoms with Gasteiger partial charge in [0, 0.05) is 26.2 Å². The van der Waals surface area contributed by atoms with Gasteiger partial charge >= 0.3 is 0 Å². The molecule has 0 atom stereocenters. The van der Waals surface area contributed by atoms with Gasteiger partial charge in [0.25, 0.3) is 10.2 Å². The molecule has 0 amide bonds. The molecule has 18 heavy (non-hydrogen) atoms. The van der Waals surface area contributed by atoms with Gasteiger partial charge in [0.2, 0.25) is 0 Å². The third kappa shape index (κ3) is 2.43. The Bertz CT molecular complexity index is 394. The summed E-state index contributed by atoms with van der Waals surface area (Å²) in [6.45, 7) is 7.70. The van der Waals surface area contributed by atoms with E-state index in [-0.39, 0.29) is 19.0 Å². The van der Waals surface area contributed by atoms with Crippen molar-refractivity contribution in [1.82, 2.24) is 8.61 Å². The van der Waals surface area contributed by atoms with Gasteiger partial charge in [-0.15, -0.1) is 0 Å². The predicted molar refractivity (Wildman–Crippen MR) is 70.3 cm³/mol. The van der Waals surface area contributed by atoms with E-state index in [1.54, 1.807) is 4.31 Å². The van der Waals surface area contributed by atoms with Crippen molar-refractivity contribution in [3.05, 3.63) is 0 Å². The van der Waals surface area contributed by atoms with Crippen LogP contribution < -0.4 is 0 Å². The molecule has 5 nitrogen and oxygen atoms in total. The number of piperidine rings is 1. The molecule has 0 aromatic carbocycles. The fraction of sp³-hybridized carbons (Fsp3) is 1.00. The highest BCUT2D eigenvalue weighted by Gasteiger charge is 2.50. The Kier molecular flexibility index (Phi) is 3.75. The standard InChI is InChI=1S/C12H24N2O3S/c1-10(2)12(15)8-14(9-12)18(16,17)13-6-4-11(3)5-7-13/h10-11,15H,4-9H2,1-3H3. The third-order valence-corrected chi connectivity index (χ3v) is 6.30. The summed E-state index contributed by atoms with van der Waals surface area (Å²) < 4.78 is 27.6. The fourth-order valence-corrected chi connectivity index (χ4v) is 4.24. The number of hydrogen-bond acceptors (Lipinski definition) is 3. The van der Waals surface area contributed by atoms with Crippen molar-refractivity contribution < 1.29 is 13.5 Å². The minimum atomic E-state index is -3.35. The monoisotopic (exact) mass is 276 g/mol. The number of nitrogens with zero attached hydrogens (tertiary/aromatic N) is 2. The van der Waals surface area contributed by atoms with E-state index in [1.165, 1.54) is 4.31 Å². The SMILES string of the molecule is CC1CCN(S(=O)(=O)N2CC(O)(C(C)C)C2)CC1. The molecule has 0 aliphatic carbocycles. The third-order valence-electron chi connectivity index (χ3n) is 4.37. The molecule has 0 unspecified atom stereocenters. The summed E-state index contributed by atoms with van der Waals surface area (Å²) in [5, 5.41) is 10.1. The van der Waals surface area contributed by atoms with Crippen LogP contribution in [0.15, 0.2) is 0 Å². The topological polar surface area (TPSA) is 60.9 Å². The first kappa shape index (κ1) is 14.2. The lowest BCUT2D eigenvalue weighted by Crippen LogP contribution is -2.68. The summed E-state index contributed by atoms with van der Waals surface area (Å²) in [5.74, 6) is 0.700. The smallest absolute Gasteiger partial charge is 0.282 e. The van der Waals surface area contributed by atoms with Gasteiger partial charge < -0.3 is 5.11 Å². The fourth-order valence-electron chi connectivity index (χ4n) is 2.47. The number of aliphatic hydroxyl groups is 1. The summed E-state index contributed by atoms with van der Waals surface area (Å²) in [4.78, 5) is 0. The molecule has 0 aromatic rings. The van der Waals surface area contributed by atoms with Crippen LogP contribution in [0.1, 0.15) is 33.6 Å². The van der Waals surface area contributed by atoms with Crippen LogP contribution >= 0.6 is 0 Å². The highest BCUT2D eigenvalue weighted by molar-refractivity contribution is 7.86. The lowest BCUT2D eigenvalue weighted by Gasteiger charge is -2.49. The summed E-state index contributed by atoms with van der Waals surface area (Å²) in [5.41, 5.74) is -0.837. The van der Waals surface area contributed by atoms with Crippen LogP contribution in [0.5, 0.6) is 0 Å². The minimum Gasteiger partial charge on any atom is -0.387 e. The zero-order chi connectivity index (χ0) is 13.6. The van der Waals surface area contributed by atoms with Crippen molar-refractivity contribution in [3.63, 3.8) is 0 Å². The molecule has 106 valence electrons. The summed E-state index contributed by atoms with van der Waals surface area (Å²) in [7, 11) is -3.35. The molecule has 1 N–H and O–H groups in total. The minimum absolute atomic E-state index is 0.0883. The van der Waals surface area contributed by atoms with Gasteiger partial charge in [0.05, 0.1) is 5.60 Å². The van der Waals surface area contributed by atoms with Gasteiger partial charge in [-0.25, -0.2) is 0 Å². The predicted octanol–water partition coefficient (Wildman–Crippen LogP) is 0.666. The summed E-state index contributed by atoms with van der Waals surface area (Å²) in [6.07, 6.45) is 1.86. The largest absolute Gasteiger partial charge is 0.387 e. The lowest BCUT2D eigenvalue weighted by molar-refractivity contribution is -0.0952. The van der Waals surface area contributed by atoms with Gasteiger partial charge in [-0.2, -0.15) is 17.0 Å². The Balaban J connectivity index is 1.98. The maximum atomic E-state index is 12.3. The van der Waals surface area contributed by atoms with Crippen LogP contribution in [-0.4, -0.2) is 53.9 Å². The van der Waals surface area contributed by atoms with E-state index in [4.69, 9.17) is 0 Å². The van der Waals surface area contributed by atoms with Crippen molar-refractivity contribution in [1.29, 1.82) is 0 Å². The summed E-state index contributed by atoms with van der Waals surface area (Å²) in [6, 6.07) is 0. The van der Waals surface area contributed by atoms with Crippen LogP contribution in [0.3, 0.4) is 0 Å². The number of hydrogen-bond donors (Lipinski definition) is 1. The zero-order valence-electron chi connectivity index (χ0n) is 11.5. The van der Waals surface area contributed by atoms with E-state index in [0.717, 1.165) is 12.8 Å². The molecule has 2 saturated heterocycles. The van der Waals surface area contributed by atoms with Crippen LogP contribution in [0.25, 0.3) is 0 Å². The van der Waals surface area contributed by atoms with Crippen LogP contribution in [0, 0.1) is 11.8 Å². The highest BCUT2D eigenvalue weighted by atomic mass is 32.2. The molecule has 6 heteroatoms. The second-order valence-electron chi connectivity index (χ2n) is 6.12. The normalized spacial score (nSPS) is 27.4. The first-order chi connectivity index (χ1) is 8.25. The van der Waals surface area contributed by atoms with Crippen LogP contribution in [-0.2, 0) is 10.2 Å². The van der Waals surface area contributed by atoms with E-state index >= 15 is 0 Å². The van der Waals surface area contributed by atoms with E-state index in [2.05, 4.69) is 6.92 Å². The van der Waals surface area contributed by atoms with E-state index in [9.17, 15) is 13.5 Å². The van der Waals surface area contributed by atoms with Gasteiger partial charge in [-0.1, -0.05) is 20.8 Å². The van der Waals surface area contributed by atoms with E-state index in [1.807, 2.05) is 13.8 Å². The maximum absolute atomic E-state index is 12.3. The Labute approximate surface area is 110 Å². The van der Waals surface area contributed by atoms with Crippen molar-refractivity contribution in [3.8, 4) is 0 Å². The average molecular weight is 276 g/mol. The van der Waals surface area contributed by atoms with Crippen molar-refractivity contribution >= 4 is 10.2 Å². The summed E-state index contributed by atoms with van der Waals surface area (Å²) >= 11 is 0. The van der Waals surface area contributed by atoms with Crippen molar-refractivity contribution in [2.75, 3.05) is 26.2 Å². The number of rotatable bonds is 3. The molecule has 0 bridgehead atoms. The van der Waals surface area contributed by atoms with Gasteiger partial charge in [0.1, 0.15) is 0 Å². The van der Waals surface area contributed by atoms with E-state index in [0.29, 0.717) is 19.0 Å². The molecule has 2 heterocycles. The lowest BCUT2D eigenvalue weighted by atomic mass is 9.85. The molecular weight excluding hydrogens is 252 g/mol. The maximum Gasteiger partial charge on any atom is 0.282 e. The average Bonchev–Trinajstić information content (AvgIpc) is 2.25. The van der Waals surface area contributed by atoms with Crippen molar-refractivity contribution in [2.45, 2.75) is 39.2 Å². The first-order valence-electron chi connectivity index (χ1n) is 6.73. The quantitative estimate of drug-likeness (QED) is 0.824. The van der Waals surface area contributed by atoms with Crippen LogP contribution in [0.4, 0.5) is 0 Å². The molecule has 0 radical (unpaired) electrons. The Morgan fingerprint density at radius 2 is 1.67 bits per heavy atom. The molecule has 0 spiro atoms. The van der Waals surface area contributed by atoms with Crippen molar-refractivity contribution in [2.24, 2.45) is 11.8 Å². The molecule has 2 fully saturated rings. The second kappa shape index (κ2) is 4.74. The van der Waals surface area contributed by atoms with Gasteiger partial charge in [0.15, 0.2) is 0 Å². The molecule has 2 rings (SSSR count). The molecule has 0 saturated carbocycles. The molecule has 2 aliphatic heterocycles. The molecule has 0 aromatic heterocycles. The van der Waals surface area contributed by atoms with Gasteiger partial charge in [-0.05, 0) is 24.7 Å². The van der Waals surface area contributed by atoms with E-state index < -0.39 is 15.8 Å². The Hall–Kier alpha value is -0.170. The van der Waals surface area contributed by atoms with Gasteiger partial charge in [-0.3, -0.25) is 0 Å². The second-order valence-corrected chi connectivity index (χ2v) is 8.04. The first-order valence-corrected chi connectivity index (χ1v) is 8.13. The van der Waals surface area contributed by atoms with Crippen LogP contribution in [0.2, 0.25) is 0 Å². The zero-order valence-corrected chi connectivity index (χ0v) is 12.3. The Morgan fingerprint density at radius 3 is 2.11 bits per heavy atom. The molecular formula is C12H24N2O3S. The molecule has 2 aliphatic rings. The number of β-amino-alcohol motifs (C(OH)–C–C–N with tert-alkyl or cyclic N) is 1. The Morgan fingerprint density at radius 1 is 1.17 bits per heavy atom.